The molecule has 7 heteroatoms. The summed E-state index contributed by atoms with van der Waals surface area (Å²) in [5, 5.41) is 3.23. The third-order valence-electron chi connectivity index (χ3n) is 8.68. The van der Waals surface area contributed by atoms with E-state index in [4.69, 9.17) is 11.5 Å². The van der Waals surface area contributed by atoms with Gasteiger partial charge in [0.25, 0.3) is 0 Å². The molecule has 1 aliphatic carbocycles. The van der Waals surface area contributed by atoms with Gasteiger partial charge in [0.2, 0.25) is 11.8 Å². The predicted molar refractivity (Wildman–Crippen MR) is 162 cm³/mol. The summed E-state index contributed by atoms with van der Waals surface area (Å²) in [4.78, 5) is 32.9. The Morgan fingerprint density at radius 3 is 2.20 bits per heavy atom. The van der Waals surface area contributed by atoms with E-state index < -0.39 is 0 Å². The van der Waals surface area contributed by atoms with Gasteiger partial charge in [-0.05, 0) is 61.5 Å². The van der Waals surface area contributed by atoms with Crippen molar-refractivity contribution >= 4 is 17.8 Å². The van der Waals surface area contributed by atoms with Crippen LogP contribution in [0.4, 0.5) is 0 Å². The van der Waals surface area contributed by atoms with Crippen LogP contribution in [0.3, 0.4) is 0 Å². The molecule has 0 spiro atoms. The van der Waals surface area contributed by atoms with Crippen LogP contribution in [-0.4, -0.2) is 48.9 Å². The standard InChI is InChI=1S/C33H47N5O2/c34-33(35)36-19-10-17-29-21-26(23-37-31(39)22-25-11-4-1-5-12-25)18-20-38(32(29)40)24-30(27-13-6-2-7-14-27)28-15-8-3-9-16-28/h2-3,6-9,13-16,25-26,29-30H,1,4-5,10-12,17-24H2,(H,37,39)(H4,34,35,36)/t26-,29-/m1/s1. The van der Waals surface area contributed by atoms with Crippen LogP contribution in [-0.2, 0) is 9.59 Å². The van der Waals surface area contributed by atoms with E-state index in [-0.39, 0.29) is 35.5 Å². The second-order valence-electron chi connectivity index (χ2n) is 11.7. The minimum absolute atomic E-state index is 0.0842. The minimum atomic E-state index is -0.107. The zero-order valence-corrected chi connectivity index (χ0v) is 23.8. The van der Waals surface area contributed by atoms with Gasteiger partial charge in [0.1, 0.15) is 0 Å². The zero-order chi connectivity index (χ0) is 28.2. The monoisotopic (exact) mass is 545 g/mol. The molecule has 0 unspecified atom stereocenters. The van der Waals surface area contributed by atoms with E-state index in [0.717, 1.165) is 25.7 Å². The van der Waals surface area contributed by atoms with Gasteiger partial charge in [-0.25, -0.2) is 0 Å². The lowest BCUT2D eigenvalue weighted by molar-refractivity contribution is -0.135. The van der Waals surface area contributed by atoms with Crippen molar-refractivity contribution in [1.29, 1.82) is 0 Å². The number of guanidine groups is 1. The lowest BCUT2D eigenvalue weighted by atomic mass is 9.86. The third-order valence-corrected chi connectivity index (χ3v) is 8.68. The van der Waals surface area contributed by atoms with Crippen LogP contribution in [0, 0.1) is 17.8 Å². The highest BCUT2D eigenvalue weighted by molar-refractivity contribution is 5.79. The number of benzene rings is 2. The molecule has 1 heterocycles. The minimum Gasteiger partial charge on any atom is -0.370 e. The van der Waals surface area contributed by atoms with E-state index in [1.165, 1.54) is 43.2 Å². The van der Waals surface area contributed by atoms with Crippen molar-refractivity contribution in [3.05, 3.63) is 71.8 Å². The number of hydrogen-bond donors (Lipinski definition) is 3. The summed E-state index contributed by atoms with van der Waals surface area (Å²) in [6, 6.07) is 20.9. The highest BCUT2D eigenvalue weighted by atomic mass is 16.2. The molecule has 2 aliphatic rings. The molecule has 0 radical (unpaired) electrons. The highest BCUT2D eigenvalue weighted by Crippen LogP contribution is 2.31. The topological polar surface area (TPSA) is 114 Å². The van der Waals surface area contributed by atoms with Crippen molar-refractivity contribution in [2.45, 2.75) is 70.1 Å². The lowest BCUT2D eigenvalue weighted by Gasteiger charge is -2.29. The highest BCUT2D eigenvalue weighted by Gasteiger charge is 2.33. The van der Waals surface area contributed by atoms with E-state index in [0.29, 0.717) is 38.5 Å². The van der Waals surface area contributed by atoms with Gasteiger partial charge < -0.3 is 21.7 Å². The van der Waals surface area contributed by atoms with Gasteiger partial charge in [0.15, 0.2) is 5.96 Å². The molecule has 2 aromatic carbocycles. The predicted octanol–water partition coefficient (Wildman–Crippen LogP) is 4.81. The Balaban J connectivity index is 1.45. The first-order valence-corrected chi connectivity index (χ1v) is 15.2. The van der Waals surface area contributed by atoms with Crippen molar-refractivity contribution in [3.63, 3.8) is 0 Å². The maximum Gasteiger partial charge on any atom is 0.225 e. The first-order valence-electron chi connectivity index (χ1n) is 15.2. The molecule has 1 saturated carbocycles. The third kappa shape index (κ3) is 9.10. The van der Waals surface area contributed by atoms with Crippen molar-refractivity contribution in [3.8, 4) is 0 Å². The Bertz CT molecular complexity index is 1040. The molecule has 1 aliphatic heterocycles. The molecule has 2 amide bonds. The molecule has 1 saturated heterocycles. The van der Waals surface area contributed by atoms with Crippen molar-refractivity contribution in [2.24, 2.45) is 34.2 Å². The molecule has 40 heavy (non-hydrogen) atoms. The molecule has 2 fully saturated rings. The number of nitrogens with two attached hydrogens (primary N) is 2. The van der Waals surface area contributed by atoms with E-state index in [2.05, 4.69) is 63.7 Å². The summed E-state index contributed by atoms with van der Waals surface area (Å²) in [7, 11) is 0. The van der Waals surface area contributed by atoms with E-state index in [1.807, 2.05) is 12.1 Å². The average molecular weight is 546 g/mol. The summed E-state index contributed by atoms with van der Waals surface area (Å²) in [6.07, 6.45) is 9.91. The van der Waals surface area contributed by atoms with Crippen LogP contribution in [0.1, 0.15) is 81.3 Å². The first kappa shape index (κ1) is 29.6. The zero-order valence-electron chi connectivity index (χ0n) is 23.8. The molecule has 2 atom stereocenters. The fraction of sp³-hybridized carbons (Fsp3) is 0.545. The Kier molecular flexibility index (Phi) is 11.4. The summed E-state index contributed by atoms with van der Waals surface area (Å²) < 4.78 is 0. The van der Waals surface area contributed by atoms with Gasteiger partial charge in [-0.1, -0.05) is 79.9 Å². The van der Waals surface area contributed by atoms with Gasteiger partial charge in [-0.2, -0.15) is 0 Å². The summed E-state index contributed by atoms with van der Waals surface area (Å²) in [6.45, 7) is 2.49. The normalized spacial score (nSPS) is 20.2. The quantitative estimate of drug-likeness (QED) is 0.202. The molecule has 2 aromatic rings. The Hall–Kier alpha value is -3.35. The number of carbonyl (C=O) groups is 2. The molecule has 7 nitrogen and oxygen atoms in total. The summed E-state index contributed by atoms with van der Waals surface area (Å²) >= 11 is 0. The van der Waals surface area contributed by atoms with Gasteiger partial charge in [-0.15, -0.1) is 0 Å². The molecule has 0 bridgehead atoms. The Morgan fingerprint density at radius 2 is 1.57 bits per heavy atom. The van der Waals surface area contributed by atoms with E-state index in [9.17, 15) is 9.59 Å². The van der Waals surface area contributed by atoms with Gasteiger partial charge in [0.05, 0.1) is 0 Å². The van der Waals surface area contributed by atoms with Crippen LogP contribution in [0.15, 0.2) is 65.7 Å². The van der Waals surface area contributed by atoms with Crippen molar-refractivity contribution in [2.75, 3.05) is 26.2 Å². The van der Waals surface area contributed by atoms with Crippen LogP contribution in [0.2, 0.25) is 0 Å². The number of aliphatic imine (C=N–C) groups is 1. The number of carbonyl (C=O) groups excluding carboxylic acids is 2. The largest absolute Gasteiger partial charge is 0.370 e. The second kappa shape index (κ2) is 15.4. The molecule has 4 rings (SSSR count). The van der Waals surface area contributed by atoms with Crippen LogP contribution >= 0.6 is 0 Å². The molecule has 5 N–H and O–H groups in total. The number of nitrogens with zero attached hydrogens (tertiary/aromatic N) is 2. The number of rotatable bonds is 12. The maximum atomic E-state index is 14.0. The number of hydrogen-bond acceptors (Lipinski definition) is 3. The maximum absolute atomic E-state index is 14.0. The molecule has 216 valence electrons. The van der Waals surface area contributed by atoms with E-state index >= 15 is 0 Å². The van der Waals surface area contributed by atoms with E-state index in [1.54, 1.807) is 0 Å². The summed E-state index contributed by atoms with van der Waals surface area (Å²) in [5.74, 6) is 1.24. The number of amides is 2. The van der Waals surface area contributed by atoms with Crippen LogP contribution in [0.5, 0.6) is 0 Å². The fourth-order valence-electron chi connectivity index (χ4n) is 6.46. The fourth-order valence-corrected chi connectivity index (χ4v) is 6.46. The molecular formula is C33H47N5O2. The van der Waals surface area contributed by atoms with Crippen molar-refractivity contribution < 1.29 is 9.59 Å². The molecular weight excluding hydrogens is 498 g/mol. The SMILES string of the molecule is NC(N)=NCCC[C@@H]1C[C@H](CNC(=O)CC2CCCCC2)CCN(CC(c2ccccc2)c2ccccc2)C1=O. The summed E-state index contributed by atoms with van der Waals surface area (Å²) in [5.41, 5.74) is 13.5. The smallest absolute Gasteiger partial charge is 0.225 e. The Morgan fingerprint density at radius 1 is 0.925 bits per heavy atom. The Labute approximate surface area is 239 Å². The number of likely N-dealkylation sites (tertiary alicyclic amines) is 1. The van der Waals surface area contributed by atoms with Gasteiger partial charge in [0, 0.05) is 44.4 Å². The van der Waals surface area contributed by atoms with Crippen LogP contribution < -0.4 is 16.8 Å². The lowest BCUT2D eigenvalue weighted by Crippen LogP contribution is -2.38. The van der Waals surface area contributed by atoms with Crippen LogP contribution in [0.25, 0.3) is 0 Å². The average Bonchev–Trinajstić information content (AvgIpc) is 3.12. The second-order valence-corrected chi connectivity index (χ2v) is 11.7. The number of nitrogens with one attached hydrogen (secondary N) is 1. The molecule has 0 aromatic heterocycles. The van der Waals surface area contributed by atoms with Gasteiger partial charge >= 0.3 is 0 Å². The first-order chi connectivity index (χ1) is 19.5. The van der Waals surface area contributed by atoms with Gasteiger partial charge in [-0.3, -0.25) is 14.6 Å². The van der Waals surface area contributed by atoms with Crippen molar-refractivity contribution in [1.82, 2.24) is 10.2 Å².